The Balaban J connectivity index is 2.82. The van der Waals surface area contributed by atoms with Gasteiger partial charge in [0.2, 0.25) is 29.5 Å². The molecule has 1 aromatic carbocycles. The summed E-state index contributed by atoms with van der Waals surface area (Å²) < 4.78 is 0. The van der Waals surface area contributed by atoms with Crippen LogP contribution in [0, 0.1) is 0 Å². The molecular weight excluding hydrogens is 488 g/mol. The number of nitrogens with two attached hydrogens (primary N) is 2. The monoisotopic (exact) mass is 524 g/mol. The first-order valence-electron chi connectivity index (χ1n) is 11.4. The zero-order chi connectivity index (χ0) is 27.3. The SMILES string of the molecule is CSCC[C@H](NC(=O)[C@H](Cc1ccccc1)NC(=O)[C@@H](C)NC(=O)CNC(=O)[C@@H](N)[C@@H](C)O)C(N)=O. The van der Waals surface area contributed by atoms with Gasteiger partial charge in [0.15, 0.2) is 0 Å². The van der Waals surface area contributed by atoms with Crippen LogP contribution in [-0.2, 0) is 30.4 Å². The largest absolute Gasteiger partial charge is 0.391 e. The molecule has 0 spiro atoms. The number of benzene rings is 1. The number of hydrogen-bond donors (Lipinski definition) is 7. The van der Waals surface area contributed by atoms with E-state index in [1.54, 1.807) is 24.3 Å². The van der Waals surface area contributed by atoms with Gasteiger partial charge in [-0.05, 0) is 37.8 Å². The highest BCUT2D eigenvalue weighted by Gasteiger charge is 2.28. The van der Waals surface area contributed by atoms with Crippen LogP contribution in [0.25, 0.3) is 0 Å². The number of amides is 5. The van der Waals surface area contributed by atoms with E-state index in [2.05, 4.69) is 21.3 Å². The molecule has 12 nitrogen and oxygen atoms in total. The van der Waals surface area contributed by atoms with Gasteiger partial charge in [-0.15, -0.1) is 0 Å². The van der Waals surface area contributed by atoms with Crippen molar-refractivity contribution >= 4 is 41.3 Å². The molecule has 200 valence electrons. The maximum absolute atomic E-state index is 13.0. The Hall–Kier alpha value is -3.16. The smallest absolute Gasteiger partial charge is 0.243 e. The van der Waals surface area contributed by atoms with Crippen molar-refractivity contribution < 1.29 is 29.1 Å². The van der Waals surface area contributed by atoms with Gasteiger partial charge in [0.25, 0.3) is 0 Å². The van der Waals surface area contributed by atoms with Crippen molar-refractivity contribution in [3.05, 3.63) is 35.9 Å². The molecule has 1 rings (SSSR count). The molecule has 0 saturated carbocycles. The van der Waals surface area contributed by atoms with Crippen molar-refractivity contribution in [1.29, 1.82) is 0 Å². The first kappa shape index (κ1) is 30.9. The van der Waals surface area contributed by atoms with Crippen molar-refractivity contribution in [2.75, 3.05) is 18.6 Å². The lowest BCUT2D eigenvalue weighted by atomic mass is 10.0. The number of nitrogens with one attached hydrogen (secondary N) is 4. The normalized spacial score (nSPS) is 14.9. The van der Waals surface area contributed by atoms with Gasteiger partial charge < -0.3 is 37.8 Å². The lowest BCUT2D eigenvalue weighted by molar-refractivity contribution is -0.133. The van der Waals surface area contributed by atoms with Crippen molar-refractivity contribution in [1.82, 2.24) is 21.3 Å². The number of aliphatic hydroxyl groups excluding tert-OH is 1. The Bertz CT molecular complexity index is 900. The number of carbonyl (C=O) groups excluding carboxylic acids is 5. The summed E-state index contributed by atoms with van der Waals surface area (Å²) in [6.07, 6.45) is 1.24. The standard InChI is InChI=1S/C23H36N6O6S/c1-13(27-18(31)12-26-23(35)19(24)14(2)30)21(33)29-17(11-15-7-5-4-6-8-15)22(34)28-16(20(25)32)9-10-36-3/h4-8,13-14,16-17,19,30H,9-12,24H2,1-3H3,(H2,25,32)(H,26,35)(H,27,31)(H,28,34)(H,29,33)/t13-,14-,16+,17+,19+/m1/s1. The highest BCUT2D eigenvalue weighted by molar-refractivity contribution is 7.98. The number of aliphatic hydroxyl groups is 1. The number of hydrogen-bond acceptors (Lipinski definition) is 8. The zero-order valence-corrected chi connectivity index (χ0v) is 21.5. The Morgan fingerprint density at radius 1 is 0.944 bits per heavy atom. The third kappa shape index (κ3) is 11.1. The molecule has 0 unspecified atom stereocenters. The van der Waals surface area contributed by atoms with Crippen molar-refractivity contribution in [2.45, 2.75) is 57.0 Å². The Labute approximate surface area is 214 Å². The van der Waals surface area contributed by atoms with Crippen LogP contribution in [0.4, 0.5) is 0 Å². The molecule has 5 amide bonds. The van der Waals surface area contributed by atoms with Crippen LogP contribution in [0.2, 0.25) is 0 Å². The zero-order valence-electron chi connectivity index (χ0n) is 20.7. The first-order valence-corrected chi connectivity index (χ1v) is 12.8. The van der Waals surface area contributed by atoms with Crippen molar-refractivity contribution in [3.63, 3.8) is 0 Å². The summed E-state index contributed by atoms with van der Waals surface area (Å²) in [5, 5.41) is 19.2. The summed E-state index contributed by atoms with van der Waals surface area (Å²) in [6, 6.07) is 4.79. The van der Waals surface area contributed by atoms with Gasteiger partial charge in [0, 0.05) is 6.42 Å². The van der Waals surface area contributed by atoms with Gasteiger partial charge in [0.05, 0.1) is 12.6 Å². The average molecular weight is 525 g/mol. The van der Waals surface area contributed by atoms with Crippen LogP contribution in [-0.4, -0.2) is 83.5 Å². The van der Waals surface area contributed by atoms with Gasteiger partial charge in [0.1, 0.15) is 24.2 Å². The van der Waals surface area contributed by atoms with E-state index in [9.17, 15) is 29.1 Å². The van der Waals surface area contributed by atoms with Gasteiger partial charge in [-0.1, -0.05) is 30.3 Å². The molecule has 0 aliphatic heterocycles. The summed E-state index contributed by atoms with van der Waals surface area (Å²) in [6.45, 7) is 2.30. The van der Waals surface area contributed by atoms with Crippen LogP contribution in [0.15, 0.2) is 30.3 Å². The molecule has 0 radical (unpaired) electrons. The van der Waals surface area contributed by atoms with Crippen molar-refractivity contribution in [3.8, 4) is 0 Å². The quantitative estimate of drug-likeness (QED) is 0.133. The predicted molar refractivity (Wildman–Crippen MR) is 136 cm³/mol. The summed E-state index contributed by atoms with van der Waals surface area (Å²) in [4.78, 5) is 61.5. The van der Waals surface area contributed by atoms with Crippen LogP contribution in [0.5, 0.6) is 0 Å². The lowest BCUT2D eigenvalue weighted by Crippen LogP contribution is -2.57. The summed E-state index contributed by atoms with van der Waals surface area (Å²) >= 11 is 1.50. The maximum Gasteiger partial charge on any atom is 0.243 e. The Morgan fingerprint density at radius 2 is 1.56 bits per heavy atom. The molecule has 5 atom stereocenters. The highest BCUT2D eigenvalue weighted by Crippen LogP contribution is 2.06. The third-order valence-corrected chi connectivity index (χ3v) is 5.85. The second kappa shape index (κ2) is 15.8. The number of thioether (sulfide) groups is 1. The van der Waals surface area contributed by atoms with E-state index >= 15 is 0 Å². The van der Waals surface area contributed by atoms with E-state index in [-0.39, 0.29) is 6.42 Å². The van der Waals surface area contributed by atoms with E-state index in [1.165, 1.54) is 25.6 Å². The lowest BCUT2D eigenvalue weighted by Gasteiger charge is -2.24. The van der Waals surface area contributed by atoms with Crippen molar-refractivity contribution in [2.24, 2.45) is 11.5 Å². The molecule has 0 fully saturated rings. The number of primary amides is 1. The Kier molecular flexibility index (Phi) is 13.5. The minimum atomic E-state index is -1.20. The van der Waals surface area contributed by atoms with Gasteiger partial charge in [-0.3, -0.25) is 24.0 Å². The van der Waals surface area contributed by atoms with Gasteiger partial charge in [-0.2, -0.15) is 11.8 Å². The average Bonchev–Trinajstić information content (AvgIpc) is 2.84. The van der Waals surface area contributed by atoms with Crippen LogP contribution >= 0.6 is 11.8 Å². The minimum absolute atomic E-state index is 0.139. The van der Waals surface area contributed by atoms with Gasteiger partial charge >= 0.3 is 0 Å². The molecule has 0 saturated heterocycles. The van der Waals surface area contributed by atoms with E-state index in [4.69, 9.17) is 11.5 Å². The maximum atomic E-state index is 13.0. The van der Waals surface area contributed by atoms with E-state index < -0.39 is 66.4 Å². The third-order valence-electron chi connectivity index (χ3n) is 5.20. The second-order valence-corrected chi connectivity index (χ2v) is 9.25. The molecule has 0 heterocycles. The molecule has 0 bridgehead atoms. The highest BCUT2D eigenvalue weighted by atomic mass is 32.2. The molecule has 36 heavy (non-hydrogen) atoms. The van der Waals surface area contributed by atoms with Crippen LogP contribution < -0.4 is 32.7 Å². The minimum Gasteiger partial charge on any atom is -0.391 e. The van der Waals surface area contributed by atoms with E-state index in [0.717, 1.165) is 5.56 Å². The fourth-order valence-electron chi connectivity index (χ4n) is 3.01. The number of carbonyl (C=O) groups is 5. The topological polar surface area (TPSA) is 206 Å². The van der Waals surface area contributed by atoms with E-state index in [1.807, 2.05) is 12.3 Å². The van der Waals surface area contributed by atoms with Crippen LogP contribution in [0.3, 0.4) is 0 Å². The second-order valence-electron chi connectivity index (χ2n) is 8.27. The van der Waals surface area contributed by atoms with Crippen LogP contribution in [0.1, 0.15) is 25.8 Å². The Morgan fingerprint density at radius 3 is 2.11 bits per heavy atom. The predicted octanol–water partition coefficient (Wildman–Crippen LogP) is -2.23. The van der Waals surface area contributed by atoms with E-state index in [0.29, 0.717) is 12.2 Å². The molecule has 13 heteroatoms. The summed E-state index contributed by atoms with van der Waals surface area (Å²) in [7, 11) is 0. The fraction of sp³-hybridized carbons (Fsp3) is 0.522. The van der Waals surface area contributed by atoms with Gasteiger partial charge in [-0.25, -0.2) is 0 Å². The summed E-state index contributed by atoms with van der Waals surface area (Å²) in [5.74, 6) is -2.70. The molecule has 1 aromatic rings. The molecular formula is C23H36N6O6S. The molecule has 0 aromatic heterocycles. The first-order chi connectivity index (χ1) is 17.0. The molecule has 9 N–H and O–H groups in total. The molecule has 0 aliphatic carbocycles. The number of rotatable bonds is 15. The summed E-state index contributed by atoms with van der Waals surface area (Å²) in [5.41, 5.74) is 11.7. The molecule has 0 aliphatic rings. The fourth-order valence-corrected chi connectivity index (χ4v) is 3.48.